The van der Waals surface area contributed by atoms with E-state index in [4.69, 9.17) is 13.9 Å². The van der Waals surface area contributed by atoms with Crippen LogP contribution in [-0.2, 0) is 0 Å². The highest BCUT2D eigenvalue weighted by molar-refractivity contribution is 5.92. The molecule has 0 saturated heterocycles. The van der Waals surface area contributed by atoms with E-state index in [1.165, 1.54) is 19.2 Å². The maximum absolute atomic E-state index is 12.2. The Balaban J connectivity index is 1.91. The molecule has 0 spiro atoms. The third-order valence-corrected chi connectivity index (χ3v) is 3.44. The fourth-order valence-corrected chi connectivity index (χ4v) is 2.28. The van der Waals surface area contributed by atoms with Crippen LogP contribution in [0, 0.1) is 6.92 Å². The summed E-state index contributed by atoms with van der Waals surface area (Å²) in [6, 6.07) is 13.0. The largest absolute Gasteiger partial charge is 0.497 e. The lowest BCUT2D eigenvalue weighted by molar-refractivity contribution is 0.0734. The van der Waals surface area contributed by atoms with Gasteiger partial charge in [-0.25, -0.2) is 9.59 Å². The average Bonchev–Trinajstić information content (AvgIpc) is 2.54. The van der Waals surface area contributed by atoms with Crippen LogP contribution in [0.25, 0.3) is 11.0 Å². The predicted octanol–water partition coefficient (Wildman–Crippen LogP) is 3.33. The molecule has 1 heterocycles. The van der Waals surface area contributed by atoms with Gasteiger partial charge in [-0.3, -0.25) is 0 Å². The highest BCUT2D eigenvalue weighted by Gasteiger charge is 2.11. The van der Waals surface area contributed by atoms with Gasteiger partial charge in [-0.1, -0.05) is 6.07 Å². The number of methoxy groups -OCH3 is 1. The molecule has 0 N–H and O–H groups in total. The van der Waals surface area contributed by atoms with Crippen molar-refractivity contribution in [3.63, 3.8) is 0 Å². The third-order valence-electron chi connectivity index (χ3n) is 3.44. The number of hydrogen-bond acceptors (Lipinski definition) is 5. The number of benzene rings is 2. The first-order valence-corrected chi connectivity index (χ1v) is 6.97. The first-order valence-electron chi connectivity index (χ1n) is 6.97. The number of esters is 1. The minimum Gasteiger partial charge on any atom is -0.497 e. The summed E-state index contributed by atoms with van der Waals surface area (Å²) >= 11 is 0. The van der Waals surface area contributed by atoms with Gasteiger partial charge in [-0.2, -0.15) is 0 Å². The molecule has 3 rings (SSSR count). The second-order valence-corrected chi connectivity index (χ2v) is 5.03. The summed E-state index contributed by atoms with van der Waals surface area (Å²) in [5.74, 6) is 0.358. The Bertz CT molecular complexity index is 940. The van der Waals surface area contributed by atoms with Gasteiger partial charge in [0, 0.05) is 17.5 Å². The minimum absolute atomic E-state index is 0.305. The number of fused-ring (bicyclic) bond motifs is 1. The zero-order valence-electron chi connectivity index (χ0n) is 12.7. The lowest BCUT2D eigenvalue weighted by Gasteiger charge is -2.07. The summed E-state index contributed by atoms with van der Waals surface area (Å²) in [6.07, 6.45) is 0. The Morgan fingerprint density at radius 2 is 1.87 bits per heavy atom. The van der Waals surface area contributed by atoms with Gasteiger partial charge in [0.2, 0.25) is 0 Å². The van der Waals surface area contributed by atoms with Crippen molar-refractivity contribution in [2.45, 2.75) is 6.92 Å². The van der Waals surface area contributed by atoms with Gasteiger partial charge in [0.15, 0.2) is 0 Å². The Hall–Kier alpha value is -3.08. The van der Waals surface area contributed by atoms with E-state index in [2.05, 4.69) is 0 Å². The molecule has 1 aromatic heterocycles. The van der Waals surface area contributed by atoms with Crippen molar-refractivity contribution in [2.24, 2.45) is 0 Å². The number of ether oxygens (including phenoxy) is 2. The lowest BCUT2D eigenvalue weighted by Crippen LogP contribution is -2.08. The first kappa shape index (κ1) is 14.8. The highest BCUT2D eigenvalue weighted by atomic mass is 16.5. The predicted molar refractivity (Wildman–Crippen MR) is 85.2 cm³/mol. The average molecular weight is 310 g/mol. The summed E-state index contributed by atoms with van der Waals surface area (Å²) in [6.45, 7) is 1.82. The van der Waals surface area contributed by atoms with Crippen LogP contribution < -0.4 is 15.1 Å². The summed E-state index contributed by atoms with van der Waals surface area (Å²) in [7, 11) is 1.53. The molecule has 0 aliphatic rings. The van der Waals surface area contributed by atoms with Crippen LogP contribution in [0.1, 0.15) is 15.9 Å². The van der Waals surface area contributed by atoms with Crippen LogP contribution in [0.2, 0.25) is 0 Å². The van der Waals surface area contributed by atoms with E-state index in [9.17, 15) is 9.59 Å². The molecule has 5 heteroatoms. The summed E-state index contributed by atoms with van der Waals surface area (Å²) in [5.41, 5.74) is 1.12. The lowest BCUT2D eigenvalue weighted by atomic mass is 10.1. The van der Waals surface area contributed by atoms with Crippen molar-refractivity contribution >= 4 is 16.9 Å². The number of carbonyl (C=O) groups is 1. The molecule has 0 aliphatic heterocycles. The number of rotatable bonds is 3. The van der Waals surface area contributed by atoms with Crippen LogP contribution in [0.5, 0.6) is 11.5 Å². The van der Waals surface area contributed by atoms with Gasteiger partial charge in [-0.15, -0.1) is 0 Å². The van der Waals surface area contributed by atoms with Crippen molar-refractivity contribution in [1.82, 2.24) is 0 Å². The molecule has 0 radical (unpaired) electrons. The molecule has 3 aromatic rings. The van der Waals surface area contributed by atoms with Crippen molar-refractivity contribution in [2.75, 3.05) is 7.11 Å². The normalized spacial score (nSPS) is 10.5. The van der Waals surface area contributed by atoms with E-state index in [1.54, 1.807) is 36.4 Å². The maximum atomic E-state index is 12.2. The molecule has 0 saturated carbocycles. The van der Waals surface area contributed by atoms with E-state index in [0.29, 0.717) is 22.6 Å². The topological polar surface area (TPSA) is 65.7 Å². The van der Waals surface area contributed by atoms with Crippen molar-refractivity contribution in [3.8, 4) is 11.5 Å². The molecule has 5 nitrogen and oxygen atoms in total. The van der Waals surface area contributed by atoms with Crippen LogP contribution in [-0.4, -0.2) is 13.1 Å². The Labute approximate surface area is 132 Å². The zero-order chi connectivity index (χ0) is 16.4. The molecular formula is C18H14O5. The maximum Gasteiger partial charge on any atom is 0.343 e. The molecule has 0 amide bonds. The molecule has 0 aliphatic carbocycles. The van der Waals surface area contributed by atoms with Gasteiger partial charge in [-0.05, 0) is 42.8 Å². The molecule has 0 atom stereocenters. The molecule has 0 bridgehead atoms. The van der Waals surface area contributed by atoms with Gasteiger partial charge in [0.05, 0.1) is 12.7 Å². The monoisotopic (exact) mass is 310 g/mol. The van der Waals surface area contributed by atoms with Gasteiger partial charge in [0.25, 0.3) is 0 Å². The summed E-state index contributed by atoms with van der Waals surface area (Å²) in [4.78, 5) is 23.6. The fraction of sp³-hybridized carbons (Fsp3) is 0.111. The fourth-order valence-electron chi connectivity index (χ4n) is 2.28. The van der Waals surface area contributed by atoms with E-state index < -0.39 is 11.6 Å². The van der Waals surface area contributed by atoms with E-state index in [0.717, 1.165) is 10.9 Å². The highest BCUT2D eigenvalue weighted by Crippen LogP contribution is 2.23. The second-order valence-electron chi connectivity index (χ2n) is 5.03. The molecular weight excluding hydrogens is 296 g/mol. The van der Waals surface area contributed by atoms with E-state index in [-0.39, 0.29) is 0 Å². The smallest absolute Gasteiger partial charge is 0.343 e. The van der Waals surface area contributed by atoms with Gasteiger partial charge in [0.1, 0.15) is 17.1 Å². The molecule has 0 unspecified atom stereocenters. The van der Waals surface area contributed by atoms with E-state index in [1.807, 2.05) is 6.92 Å². The standard InChI is InChI=1S/C18H14O5/c1-11-8-17(19)23-16-10-14(6-7-15(11)16)22-18(20)12-4-3-5-13(9-12)21-2/h3-10H,1-2H3. The molecule has 2 aromatic carbocycles. The quantitative estimate of drug-likeness (QED) is 0.422. The summed E-state index contributed by atoms with van der Waals surface area (Å²) in [5, 5.41) is 0.797. The third kappa shape index (κ3) is 3.08. The minimum atomic E-state index is -0.516. The van der Waals surface area contributed by atoms with Crippen LogP contribution in [0.4, 0.5) is 0 Å². The summed E-state index contributed by atoms with van der Waals surface area (Å²) < 4.78 is 15.6. The Morgan fingerprint density at radius 1 is 1.04 bits per heavy atom. The first-order chi connectivity index (χ1) is 11.1. The SMILES string of the molecule is COc1cccc(C(=O)Oc2ccc3c(C)cc(=O)oc3c2)c1. The number of aryl methyl sites for hydroxylation is 1. The Kier molecular flexibility index (Phi) is 3.85. The number of carbonyl (C=O) groups excluding carboxylic acids is 1. The van der Waals surface area contributed by atoms with E-state index >= 15 is 0 Å². The molecule has 0 fully saturated rings. The van der Waals surface area contributed by atoms with Crippen molar-refractivity contribution in [1.29, 1.82) is 0 Å². The van der Waals surface area contributed by atoms with Gasteiger partial charge < -0.3 is 13.9 Å². The van der Waals surface area contributed by atoms with Crippen LogP contribution in [0.15, 0.2) is 57.7 Å². The van der Waals surface area contributed by atoms with Crippen molar-refractivity contribution in [3.05, 3.63) is 70.1 Å². The Morgan fingerprint density at radius 3 is 2.65 bits per heavy atom. The van der Waals surface area contributed by atoms with Crippen molar-refractivity contribution < 1.29 is 18.7 Å². The molecule has 116 valence electrons. The molecule has 23 heavy (non-hydrogen) atoms. The zero-order valence-corrected chi connectivity index (χ0v) is 12.7. The second kappa shape index (κ2) is 5.96. The number of hydrogen-bond donors (Lipinski definition) is 0. The van der Waals surface area contributed by atoms with Gasteiger partial charge >= 0.3 is 11.6 Å². The van der Waals surface area contributed by atoms with Crippen LogP contribution >= 0.6 is 0 Å². The van der Waals surface area contributed by atoms with Crippen LogP contribution in [0.3, 0.4) is 0 Å².